The fourth-order valence-electron chi connectivity index (χ4n) is 2.90. The van der Waals surface area contributed by atoms with E-state index in [1.54, 1.807) is 12.1 Å². The van der Waals surface area contributed by atoms with Crippen LogP contribution in [0.1, 0.15) is 5.56 Å². The number of ether oxygens (including phenoxy) is 1. The van der Waals surface area contributed by atoms with Crippen LogP contribution in [0.3, 0.4) is 0 Å². The Labute approximate surface area is 174 Å². The average Bonchev–Trinajstić information content (AvgIpc) is 3.03. The number of halogens is 2. The van der Waals surface area contributed by atoms with Crippen LogP contribution < -0.4 is 21.4 Å². The summed E-state index contributed by atoms with van der Waals surface area (Å²) in [5.41, 5.74) is 2.55. The first kappa shape index (κ1) is 20.9. The Bertz CT molecular complexity index is 1230. The molecule has 2 aromatic heterocycles. The van der Waals surface area contributed by atoms with Gasteiger partial charge in [0.2, 0.25) is 5.95 Å². The van der Waals surface area contributed by atoms with Crippen molar-refractivity contribution < 1.29 is 9.84 Å². The van der Waals surface area contributed by atoms with E-state index in [4.69, 9.17) is 27.9 Å². The van der Waals surface area contributed by atoms with Crippen LogP contribution in [0.15, 0.2) is 26.8 Å². The van der Waals surface area contributed by atoms with E-state index >= 15 is 0 Å². The number of nitrogens with zero attached hydrogens (tertiary/aromatic N) is 5. The van der Waals surface area contributed by atoms with Crippen molar-refractivity contribution in [1.29, 1.82) is 0 Å². The van der Waals surface area contributed by atoms with Gasteiger partial charge in [0.15, 0.2) is 11.2 Å². The smallest absolute Gasteiger partial charge is 0.332 e. The van der Waals surface area contributed by atoms with Gasteiger partial charge in [-0.05, 0) is 12.1 Å². The number of imidazole rings is 1. The lowest BCUT2D eigenvalue weighted by Crippen LogP contribution is -2.37. The summed E-state index contributed by atoms with van der Waals surface area (Å²) in [5.74, 6) is 0.567. The van der Waals surface area contributed by atoms with E-state index in [1.165, 1.54) is 36.6 Å². The second-order valence-corrected chi connectivity index (χ2v) is 6.91. The van der Waals surface area contributed by atoms with Crippen molar-refractivity contribution in [3.05, 3.63) is 48.6 Å². The molecule has 1 aromatic carbocycles. The Kier molecular flexibility index (Phi) is 5.96. The molecule has 0 unspecified atom stereocenters. The number of rotatable bonds is 6. The number of aliphatic hydroxyl groups is 1. The highest BCUT2D eigenvalue weighted by molar-refractivity contribution is 6.36. The maximum absolute atomic E-state index is 12.6. The summed E-state index contributed by atoms with van der Waals surface area (Å²) in [6.07, 6.45) is 1.43. The molecule has 10 nitrogen and oxygen atoms in total. The average molecular weight is 441 g/mol. The minimum Gasteiger partial charge on any atom is -0.495 e. The number of benzene rings is 1. The number of aryl methyl sites for hydroxylation is 1. The summed E-state index contributed by atoms with van der Waals surface area (Å²) in [5, 5.41) is 14.2. The van der Waals surface area contributed by atoms with Gasteiger partial charge in [0, 0.05) is 31.2 Å². The number of methoxy groups -OCH3 is 1. The number of anilines is 1. The van der Waals surface area contributed by atoms with Gasteiger partial charge in [-0.3, -0.25) is 13.9 Å². The van der Waals surface area contributed by atoms with E-state index in [9.17, 15) is 14.7 Å². The highest BCUT2D eigenvalue weighted by atomic mass is 35.5. The van der Waals surface area contributed by atoms with E-state index in [0.29, 0.717) is 21.4 Å². The van der Waals surface area contributed by atoms with Gasteiger partial charge < -0.3 is 14.4 Å². The number of aromatic nitrogens is 4. The Morgan fingerprint density at radius 3 is 2.66 bits per heavy atom. The maximum atomic E-state index is 12.6. The Balaban J connectivity index is 2.08. The fourth-order valence-corrected chi connectivity index (χ4v) is 3.49. The summed E-state index contributed by atoms with van der Waals surface area (Å²) in [4.78, 5) is 29.0. The molecule has 3 rings (SSSR count). The first-order chi connectivity index (χ1) is 13.8. The summed E-state index contributed by atoms with van der Waals surface area (Å²) in [6.45, 7) is -0.165. The monoisotopic (exact) mass is 440 g/mol. The summed E-state index contributed by atoms with van der Waals surface area (Å²) in [6, 6.07) is 3.16. The zero-order chi connectivity index (χ0) is 21.3. The molecule has 0 bridgehead atoms. The van der Waals surface area contributed by atoms with Crippen LogP contribution in [0.4, 0.5) is 5.95 Å². The molecular weight excluding hydrogens is 423 g/mol. The van der Waals surface area contributed by atoms with Crippen molar-refractivity contribution >= 4 is 46.5 Å². The normalized spacial score (nSPS) is 11.5. The maximum Gasteiger partial charge on any atom is 0.332 e. The first-order valence-corrected chi connectivity index (χ1v) is 9.15. The van der Waals surface area contributed by atoms with Crippen LogP contribution in [0.25, 0.3) is 11.2 Å². The zero-order valence-corrected chi connectivity index (χ0v) is 17.3. The lowest BCUT2D eigenvalue weighted by molar-refractivity contribution is 0.278. The van der Waals surface area contributed by atoms with E-state index in [0.717, 1.165) is 4.57 Å². The van der Waals surface area contributed by atoms with Gasteiger partial charge in [0.25, 0.3) is 5.56 Å². The number of hydrogen-bond acceptors (Lipinski definition) is 7. The zero-order valence-electron chi connectivity index (χ0n) is 15.8. The molecule has 0 radical (unpaired) electrons. The number of nitrogens with one attached hydrogen (secondary N) is 1. The predicted octanol–water partition coefficient (Wildman–Crippen LogP) is 1.19. The molecule has 0 fully saturated rings. The van der Waals surface area contributed by atoms with Crippen LogP contribution in [0.2, 0.25) is 10.0 Å². The largest absolute Gasteiger partial charge is 0.495 e. The number of hydrazone groups is 1. The summed E-state index contributed by atoms with van der Waals surface area (Å²) in [7, 11) is 4.35. The highest BCUT2D eigenvalue weighted by Gasteiger charge is 2.18. The van der Waals surface area contributed by atoms with Gasteiger partial charge in [0.1, 0.15) is 5.75 Å². The molecule has 0 saturated heterocycles. The molecular formula is C17H18Cl2N6O4. The van der Waals surface area contributed by atoms with Crippen molar-refractivity contribution in [1.82, 2.24) is 18.7 Å². The topological polar surface area (TPSA) is 116 Å². The van der Waals surface area contributed by atoms with Crippen LogP contribution >= 0.6 is 23.2 Å². The van der Waals surface area contributed by atoms with E-state index in [-0.39, 0.29) is 30.3 Å². The third-order valence-electron chi connectivity index (χ3n) is 4.28. The minimum absolute atomic E-state index is 0.0775. The third kappa shape index (κ3) is 3.74. The molecule has 0 aliphatic rings. The highest BCUT2D eigenvalue weighted by Crippen LogP contribution is 2.31. The molecule has 12 heteroatoms. The lowest BCUT2D eigenvalue weighted by atomic mass is 10.2. The Morgan fingerprint density at radius 1 is 1.28 bits per heavy atom. The van der Waals surface area contributed by atoms with Crippen molar-refractivity contribution in [2.45, 2.75) is 6.54 Å². The standard InChI is InChI=1S/C17H18Cl2N6O4/c1-23-14-12(15(27)24(2)17(23)28)25(4-5-26)16(21-14)22-20-8-9-6-10(18)7-11(19)13(9)29-3/h6-8,26H,4-5H2,1-3H3,(H,21,22)/b20-8+. The summed E-state index contributed by atoms with van der Waals surface area (Å²) >= 11 is 12.1. The molecule has 29 heavy (non-hydrogen) atoms. The van der Waals surface area contributed by atoms with Crippen molar-refractivity contribution in [2.24, 2.45) is 19.2 Å². The molecule has 2 N–H and O–H groups in total. The second-order valence-electron chi connectivity index (χ2n) is 6.07. The van der Waals surface area contributed by atoms with Gasteiger partial charge in [-0.15, -0.1) is 0 Å². The third-order valence-corrected chi connectivity index (χ3v) is 4.78. The Morgan fingerprint density at radius 2 is 2.00 bits per heavy atom. The minimum atomic E-state index is -0.524. The molecule has 2 heterocycles. The van der Waals surface area contributed by atoms with Crippen molar-refractivity contribution in [2.75, 3.05) is 19.1 Å². The second kappa shape index (κ2) is 8.27. The molecule has 0 aliphatic carbocycles. The molecule has 0 aliphatic heterocycles. The van der Waals surface area contributed by atoms with Gasteiger partial charge in [0.05, 0.1) is 25.0 Å². The fraction of sp³-hybridized carbons (Fsp3) is 0.294. The first-order valence-electron chi connectivity index (χ1n) is 8.39. The molecule has 3 aromatic rings. The van der Waals surface area contributed by atoms with Crippen LogP contribution in [0, 0.1) is 0 Å². The van der Waals surface area contributed by atoms with Gasteiger partial charge in [-0.25, -0.2) is 10.2 Å². The molecule has 0 amide bonds. The SMILES string of the molecule is COc1c(Cl)cc(Cl)cc1/C=N/Nc1nc2c(c(=O)n(C)c(=O)n2C)n1CCO. The molecule has 154 valence electrons. The van der Waals surface area contributed by atoms with Crippen LogP contribution in [0.5, 0.6) is 5.75 Å². The quantitative estimate of drug-likeness (QED) is 0.439. The van der Waals surface area contributed by atoms with Crippen molar-refractivity contribution in [3.8, 4) is 5.75 Å². The molecule has 0 atom stereocenters. The number of hydrogen-bond donors (Lipinski definition) is 2. The van der Waals surface area contributed by atoms with Crippen LogP contribution in [-0.4, -0.2) is 43.7 Å². The summed E-state index contributed by atoms with van der Waals surface area (Å²) < 4.78 is 8.94. The Hall–Kier alpha value is -2.82. The lowest BCUT2D eigenvalue weighted by Gasteiger charge is -2.08. The number of aliphatic hydroxyl groups excluding tert-OH is 1. The van der Waals surface area contributed by atoms with E-state index in [2.05, 4.69) is 15.5 Å². The van der Waals surface area contributed by atoms with Crippen molar-refractivity contribution in [3.63, 3.8) is 0 Å². The molecule has 0 spiro atoms. The van der Waals surface area contributed by atoms with E-state index < -0.39 is 11.2 Å². The molecule has 0 saturated carbocycles. The predicted molar refractivity (Wildman–Crippen MR) is 112 cm³/mol. The van der Waals surface area contributed by atoms with Gasteiger partial charge in [-0.2, -0.15) is 10.1 Å². The van der Waals surface area contributed by atoms with Gasteiger partial charge >= 0.3 is 5.69 Å². The van der Waals surface area contributed by atoms with Gasteiger partial charge in [-0.1, -0.05) is 23.2 Å². The van der Waals surface area contributed by atoms with Crippen LogP contribution in [-0.2, 0) is 20.6 Å². The number of fused-ring (bicyclic) bond motifs is 1. The van der Waals surface area contributed by atoms with E-state index in [1.807, 2.05) is 0 Å².